The molecule has 0 aromatic rings. The van der Waals surface area contributed by atoms with Crippen molar-refractivity contribution in [2.24, 2.45) is 0 Å². The van der Waals surface area contributed by atoms with Gasteiger partial charge in [-0.25, -0.2) is 0 Å². The van der Waals surface area contributed by atoms with E-state index in [1.807, 2.05) is 6.07 Å². The summed E-state index contributed by atoms with van der Waals surface area (Å²) in [5.41, 5.74) is -1.13. The zero-order valence-electron chi connectivity index (χ0n) is 9.02. The first-order valence-corrected chi connectivity index (χ1v) is 4.72. The summed E-state index contributed by atoms with van der Waals surface area (Å²) in [5.74, 6) is 0.551. The van der Waals surface area contributed by atoms with Crippen molar-refractivity contribution in [2.75, 3.05) is 0 Å². The molecular weight excluding hydrogens is 210 g/mol. The zero-order valence-corrected chi connectivity index (χ0v) is 9.02. The Morgan fingerprint density at radius 2 is 2.12 bits per heavy atom. The van der Waals surface area contributed by atoms with E-state index in [1.165, 1.54) is 6.92 Å². The molecule has 0 radical (unpaired) electrons. The molecule has 1 atom stereocenters. The van der Waals surface area contributed by atoms with Crippen LogP contribution in [0.25, 0.3) is 0 Å². The van der Waals surface area contributed by atoms with Crippen LogP contribution in [0.4, 0.5) is 0 Å². The van der Waals surface area contributed by atoms with Gasteiger partial charge in [-0.05, 0) is 6.92 Å². The maximum atomic E-state index is 11.2. The second-order valence-corrected chi connectivity index (χ2v) is 3.40. The fraction of sp³-hybridized carbons (Fsp3) is 0.545. The fourth-order valence-corrected chi connectivity index (χ4v) is 0.958. The molecule has 0 aliphatic heterocycles. The van der Waals surface area contributed by atoms with E-state index in [0.717, 1.165) is 0 Å². The largest absolute Gasteiger partial charge is 0.481 e. The highest BCUT2D eigenvalue weighted by Gasteiger charge is 2.25. The van der Waals surface area contributed by atoms with Crippen molar-refractivity contribution in [1.29, 1.82) is 5.26 Å². The highest BCUT2D eigenvalue weighted by molar-refractivity contribution is 5.76. The highest BCUT2D eigenvalue weighted by atomic mass is 16.6. The lowest BCUT2D eigenvalue weighted by atomic mass is 10.0. The second-order valence-electron chi connectivity index (χ2n) is 3.40. The van der Waals surface area contributed by atoms with Crippen LogP contribution in [0.2, 0.25) is 0 Å². The predicted octanol–water partition coefficient (Wildman–Crippen LogP) is 1.09. The molecule has 16 heavy (non-hydrogen) atoms. The highest BCUT2D eigenvalue weighted by Crippen LogP contribution is 2.17. The molecule has 0 saturated heterocycles. The van der Waals surface area contributed by atoms with Crippen molar-refractivity contribution in [2.45, 2.75) is 38.2 Å². The minimum Gasteiger partial charge on any atom is -0.481 e. The Kier molecular flexibility index (Phi) is 5.66. The van der Waals surface area contributed by atoms with Crippen LogP contribution in [0.1, 0.15) is 32.6 Å². The minimum absolute atomic E-state index is 0.174. The first kappa shape index (κ1) is 14.0. The molecule has 0 spiro atoms. The first-order valence-electron chi connectivity index (χ1n) is 4.72. The van der Waals surface area contributed by atoms with Gasteiger partial charge < -0.3 is 9.84 Å². The van der Waals surface area contributed by atoms with Gasteiger partial charge in [0, 0.05) is 12.8 Å². The summed E-state index contributed by atoms with van der Waals surface area (Å²) >= 11 is 0. The van der Waals surface area contributed by atoms with Gasteiger partial charge in [-0.15, -0.1) is 6.42 Å². The SMILES string of the molecule is C#CC(C)(CCC#N)OC(=O)CCC(=O)O. The van der Waals surface area contributed by atoms with Gasteiger partial charge in [0.05, 0.1) is 18.9 Å². The molecule has 0 aromatic carbocycles. The Labute approximate surface area is 94.0 Å². The molecule has 0 bridgehead atoms. The number of terminal acetylenes is 1. The van der Waals surface area contributed by atoms with Crippen molar-refractivity contribution in [3.8, 4) is 18.4 Å². The lowest BCUT2D eigenvalue weighted by Crippen LogP contribution is -2.30. The average Bonchev–Trinajstić information content (AvgIpc) is 2.23. The Balaban J connectivity index is 4.22. The minimum atomic E-state index is -1.13. The quantitative estimate of drug-likeness (QED) is 0.538. The number of ether oxygens (including phenoxy) is 1. The summed E-state index contributed by atoms with van der Waals surface area (Å²) in [7, 11) is 0. The molecule has 0 aliphatic carbocycles. The number of aliphatic carboxylic acids is 1. The number of nitrogens with zero attached hydrogens (tertiary/aromatic N) is 1. The van der Waals surface area contributed by atoms with E-state index in [9.17, 15) is 9.59 Å². The number of hydrogen-bond acceptors (Lipinski definition) is 4. The molecular formula is C11H13NO4. The van der Waals surface area contributed by atoms with Crippen molar-refractivity contribution in [3.63, 3.8) is 0 Å². The van der Waals surface area contributed by atoms with Crippen LogP contribution in [-0.2, 0) is 14.3 Å². The summed E-state index contributed by atoms with van der Waals surface area (Å²) in [5, 5.41) is 16.8. The number of esters is 1. The van der Waals surface area contributed by atoms with Crippen LogP contribution in [0.3, 0.4) is 0 Å². The van der Waals surface area contributed by atoms with E-state index >= 15 is 0 Å². The molecule has 1 unspecified atom stereocenters. The van der Waals surface area contributed by atoms with Crippen LogP contribution >= 0.6 is 0 Å². The van der Waals surface area contributed by atoms with E-state index in [2.05, 4.69) is 5.92 Å². The molecule has 0 amide bonds. The third kappa shape index (κ3) is 5.66. The third-order valence-corrected chi connectivity index (χ3v) is 1.90. The van der Waals surface area contributed by atoms with Crippen LogP contribution in [0.15, 0.2) is 0 Å². The molecule has 5 nitrogen and oxygen atoms in total. The number of carboxylic acids is 1. The van der Waals surface area contributed by atoms with Crippen molar-refractivity contribution < 1.29 is 19.4 Å². The Morgan fingerprint density at radius 3 is 2.56 bits per heavy atom. The maximum Gasteiger partial charge on any atom is 0.307 e. The Bertz CT molecular complexity index is 350. The third-order valence-electron chi connectivity index (χ3n) is 1.90. The van der Waals surface area contributed by atoms with Gasteiger partial charge in [0.2, 0.25) is 0 Å². The maximum absolute atomic E-state index is 11.2. The van der Waals surface area contributed by atoms with Crippen molar-refractivity contribution in [3.05, 3.63) is 0 Å². The van der Waals surface area contributed by atoms with E-state index in [-0.39, 0.29) is 25.7 Å². The molecule has 0 fully saturated rings. The molecule has 0 saturated carbocycles. The number of nitriles is 1. The lowest BCUT2D eigenvalue weighted by Gasteiger charge is -2.22. The van der Waals surface area contributed by atoms with Gasteiger partial charge in [0.15, 0.2) is 5.60 Å². The van der Waals surface area contributed by atoms with Crippen LogP contribution in [-0.4, -0.2) is 22.6 Å². The zero-order chi connectivity index (χ0) is 12.6. The van der Waals surface area contributed by atoms with E-state index in [4.69, 9.17) is 21.5 Å². The molecule has 0 rings (SSSR count). The molecule has 5 heteroatoms. The van der Waals surface area contributed by atoms with E-state index in [0.29, 0.717) is 0 Å². The monoisotopic (exact) mass is 223 g/mol. The molecule has 1 N–H and O–H groups in total. The lowest BCUT2D eigenvalue weighted by molar-refractivity contribution is -0.155. The van der Waals surface area contributed by atoms with Crippen molar-refractivity contribution in [1.82, 2.24) is 0 Å². The Hall–Kier alpha value is -2.01. The van der Waals surface area contributed by atoms with Gasteiger partial charge in [-0.1, -0.05) is 5.92 Å². The van der Waals surface area contributed by atoms with E-state index in [1.54, 1.807) is 0 Å². The van der Waals surface area contributed by atoms with Crippen LogP contribution in [0.5, 0.6) is 0 Å². The van der Waals surface area contributed by atoms with Gasteiger partial charge in [0.1, 0.15) is 0 Å². The standard InChI is InChI=1S/C11H13NO4/c1-3-11(2,7-4-8-12)16-10(15)6-5-9(13)14/h1H,4-7H2,2H3,(H,13,14). The number of carbonyl (C=O) groups excluding carboxylic acids is 1. The number of hydrogen-bond donors (Lipinski definition) is 1. The van der Waals surface area contributed by atoms with Crippen LogP contribution in [0, 0.1) is 23.7 Å². The predicted molar refractivity (Wildman–Crippen MR) is 55.0 cm³/mol. The molecule has 0 aromatic heterocycles. The van der Waals surface area contributed by atoms with E-state index < -0.39 is 17.5 Å². The fourth-order valence-electron chi connectivity index (χ4n) is 0.958. The van der Waals surface area contributed by atoms with Gasteiger partial charge >= 0.3 is 11.9 Å². The average molecular weight is 223 g/mol. The first-order chi connectivity index (χ1) is 7.43. The van der Waals surface area contributed by atoms with Gasteiger partial charge in [-0.3, -0.25) is 9.59 Å². The summed E-state index contributed by atoms with van der Waals surface area (Å²) < 4.78 is 4.95. The summed E-state index contributed by atoms with van der Waals surface area (Å²) in [4.78, 5) is 21.4. The smallest absolute Gasteiger partial charge is 0.307 e. The second kappa shape index (κ2) is 6.47. The molecule has 86 valence electrons. The summed E-state index contributed by atoms with van der Waals surface area (Å²) in [6.07, 6.45) is 5.09. The van der Waals surface area contributed by atoms with Crippen molar-refractivity contribution >= 4 is 11.9 Å². The van der Waals surface area contributed by atoms with Gasteiger partial charge in [-0.2, -0.15) is 5.26 Å². The molecule has 0 heterocycles. The van der Waals surface area contributed by atoms with Gasteiger partial charge in [0.25, 0.3) is 0 Å². The summed E-state index contributed by atoms with van der Waals surface area (Å²) in [6.45, 7) is 1.52. The van der Waals surface area contributed by atoms with Crippen LogP contribution < -0.4 is 0 Å². The number of carboxylic acid groups (broad SMARTS) is 1. The summed E-state index contributed by atoms with van der Waals surface area (Å²) in [6, 6.07) is 1.90. The number of carbonyl (C=O) groups is 2. The normalized spacial score (nSPS) is 12.9. The topological polar surface area (TPSA) is 87.4 Å². The number of rotatable bonds is 6. The Morgan fingerprint density at radius 1 is 1.50 bits per heavy atom. The molecule has 0 aliphatic rings.